The Kier molecular flexibility index (Phi) is 6.98. The van der Waals surface area contributed by atoms with Gasteiger partial charge in [0.05, 0.1) is 22.0 Å². The summed E-state index contributed by atoms with van der Waals surface area (Å²) in [6.45, 7) is 3.48. The van der Waals surface area contributed by atoms with Crippen molar-refractivity contribution >= 4 is 22.7 Å². The van der Waals surface area contributed by atoms with E-state index in [4.69, 9.17) is 0 Å². The highest BCUT2D eigenvalue weighted by atomic mass is 16.6. The summed E-state index contributed by atoms with van der Waals surface area (Å²) in [7, 11) is 1.79. The van der Waals surface area contributed by atoms with E-state index < -0.39 is 16.6 Å². The number of hydrogen-bond donors (Lipinski definition) is 2. The number of aryl methyl sites for hydroxylation is 1. The highest BCUT2D eigenvalue weighted by Gasteiger charge is 2.25. The first-order chi connectivity index (χ1) is 19.3. The second-order valence-corrected chi connectivity index (χ2v) is 9.10. The summed E-state index contributed by atoms with van der Waals surface area (Å²) in [6.07, 6.45) is -0.805. The number of nitro benzene ring substituents is 1. The molecule has 0 aliphatic heterocycles. The Morgan fingerprint density at radius 2 is 1.50 bits per heavy atom. The van der Waals surface area contributed by atoms with Gasteiger partial charge in [0.15, 0.2) is 11.4 Å². The SMILES string of the molecule is Cc1[nH]n(C(Nc2c(C)n(C)n(-c3ccccc3)c2=O)c2ccccc2)c(=O)c1N=Nc1ccccc1[N+](=O)[O-]. The number of aromatic amines is 1. The molecule has 0 fully saturated rings. The zero-order valence-corrected chi connectivity index (χ0v) is 22.0. The molecule has 0 saturated heterocycles. The summed E-state index contributed by atoms with van der Waals surface area (Å²) in [5, 5.41) is 25.7. The minimum atomic E-state index is -0.805. The van der Waals surface area contributed by atoms with Gasteiger partial charge in [-0.25, -0.2) is 9.36 Å². The van der Waals surface area contributed by atoms with E-state index in [1.807, 2.05) is 67.6 Å². The molecular weight excluding hydrogens is 512 g/mol. The number of nitrogens with zero attached hydrogens (tertiary/aromatic N) is 6. The number of anilines is 1. The molecule has 0 spiro atoms. The molecule has 0 saturated carbocycles. The Bertz CT molecular complexity index is 1830. The van der Waals surface area contributed by atoms with Gasteiger partial charge in [-0.2, -0.15) is 0 Å². The van der Waals surface area contributed by atoms with Crippen LogP contribution in [0.2, 0.25) is 0 Å². The lowest BCUT2D eigenvalue weighted by Crippen LogP contribution is -2.31. The van der Waals surface area contributed by atoms with Crippen LogP contribution >= 0.6 is 0 Å². The number of nitro groups is 1. The van der Waals surface area contributed by atoms with Crippen molar-refractivity contribution in [2.24, 2.45) is 17.3 Å². The molecule has 0 amide bonds. The molecule has 1 unspecified atom stereocenters. The Morgan fingerprint density at radius 1 is 0.875 bits per heavy atom. The Hall–Kier alpha value is -5.52. The molecule has 2 N–H and O–H groups in total. The molecule has 0 aliphatic rings. The zero-order valence-electron chi connectivity index (χ0n) is 22.0. The van der Waals surface area contributed by atoms with Gasteiger partial charge in [-0.05, 0) is 37.6 Å². The summed E-state index contributed by atoms with van der Waals surface area (Å²) in [5.74, 6) is 0. The minimum absolute atomic E-state index is 0.00707. The van der Waals surface area contributed by atoms with Crippen molar-refractivity contribution in [3.63, 3.8) is 0 Å². The van der Waals surface area contributed by atoms with Crippen molar-refractivity contribution in [1.82, 2.24) is 19.1 Å². The van der Waals surface area contributed by atoms with Gasteiger partial charge in [0.1, 0.15) is 11.9 Å². The number of benzene rings is 3. The fourth-order valence-corrected chi connectivity index (χ4v) is 4.47. The standard InChI is InChI=1S/C28H26N8O4/c1-18-24(31-30-22-16-10-11-17-23(22)36(39)40)27(37)34(32-18)26(20-12-6-4-7-13-20)29-25-19(2)33(3)35(28(25)38)21-14-8-5-9-15-21/h4-17,26,29,32H,1-3H3. The smallest absolute Gasteiger partial charge is 0.296 e. The van der Waals surface area contributed by atoms with E-state index in [9.17, 15) is 19.7 Å². The van der Waals surface area contributed by atoms with Gasteiger partial charge in [0, 0.05) is 13.1 Å². The predicted octanol–water partition coefficient (Wildman–Crippen LogP) is 5.27. The summed E-state index contributed by atoms with van der Waals surface area (Å²) < 4.78 is 4.63. The molecule has 2 aromatic heterocycles. The molecule has 12 nitrogen and oxygen atoms in total. The number of para-hydroxylation sites is 2. The van der Waals surface area contributed by atoms with Gasteiger partial charge >= 0.3 is 0 Å². The van der Waals surface area contributed by atoms with Gasteiger partial charge in [-0.1, -0.05) is 60.7 Å². The van der Waals surface area contributed by atoms with Gasteiger partial charge in [0.2, 0.25) is 0 Å². The van der Waals surface area contributed by atoms with Crippen LogP contribution in [-0.2, 0) is 7.05 Å². The number of nitrogens with one attached hydrogen (secondary N) is 2. The third kappa shape index (κ3) is 4.73. The Labute approximate surface area is 228 Å². The minimum Gasteiger partial charge on any atom is -0.354 e. The van der Waals surface area contributed by atoms with E-state index in [0.717, 1.165) is 0 Å². The maximum absolute atomic E-state index is 13.6. The molecule has 0 aliphatic carbocycles. The van der Waals surface area contributed by atoms with Crippen molar-refractivity contribution in [3.05, 3.63) is 133 Å². The maximum atomic E-state index is 13.6. The van der Waals surface area contributed by atoms with Crippen LogP contribution in [0.25, 0.3) is 5.69 Å². The molecule has 202 valence electrons. The van der Waals surface area contributed by atoms with Crippen LogP contribution in [0.1, 0.15) is 23.1 Å². The number of H-pyrrole nitrogens is 1. The summed E-state index contributed by atoms with van der Waals surface area (Å²) >= 11 is 0. The fourth-order valence-electron chi connectivity index (χ4n) is 4.47. The predicted molar refractivity (Wildman–Crippen MR) is 151 cm³/mol. The summed E-state index contributed by atoms with van der Waals surface area (Å²) in [4.78, 5) is 38.0. The molecule has 12 heteroatoms. The average molecular weight is 539 g/mol. The number of rotatable bonds is 8. The third-order valence-corrected chi connectivity index (χ3v) is 6.61. The maximum Gasteiger partial charge on any atom is 0.296 e. The average Bonchev–Trinajstić information content (AvgIpc) is 3.36. The summed E-state index contributed by atoms with van der Waals surface area (Å²) in [5.41, 5.74) is 1.81. The van der Waals surface area contributed by atoms with Crippen molar-refractivity contribution in [3.8, 4) is 5.69 Å². The van der Waals surface area contributed by atoms with Crippen LogP contribution in [0.5, 0.6) is 0 Å². The van der Waals surface area contributed by atoms with E-state index >= 15 is 0 Å². The third-order valence-electron chi connectivity index (χ3n) is 6.61. The first kappa shape index (κ1) is 26.1. The molecule has 5 rings (SSSR count). The van der Waals surface area contributed by atoms with Crippen LogP contribution in [0.4, 0.5) is 22.7 Å². The van der Waals surface area contributed by atoms with E-state index in [-0.39, 0.29) is 22.6 Å². The molecule has 40 heavy (non-hydrogen) atoms. The van der Waals surface area contributed by atoms with Crippen LogP contribution in [0.3, 0.4) is 0 Å². The Balaban J connectivity index is 1.59. The molecule has 2 heterocycles. The van der Waals surface area contributed by atoms with E-state index in [1.165, 1.54) is 22.9 Å². The van der Waals surface area contributed by atoms with Crippen molar-refractivity contribution in [2.45, 2.75) is 20.0 Å². The summed E-state index contributed by atoms with van der Waals surface area (Å²) in [6, 6.07) is 24.3. The molecule has 0 bridgehead atoms. The number of hydrogen-bond acceptors (Lipinski definition) is 7. The van der Waals surface area contributed by atoms with E-state index in [1.54, 1.807) is 29.4 Å². The van der Waals surface area contributed by atoms with Crippen LogP contribution in [0.15, 0.2) is 105 Å². The van der Waals surface area contributed by atoms with Crippen molar-refractivity contribution in [2.75, 3.05) is 5.32 Å². The molecule has 3 aromatic carbocycles. The normalized spacial score (nSPS) is 12.1. The fraction of sp³-hybridized carbons (Fsp3) is 0.143. The molecule has 0 radical (unpaired) electrons. The second-order valence-electron chi connectivity index (χ2n) is 9.10. The lowest BCUT2D eigenvalue weighted by molar-refractivity contribution is -0.384. The van der Waals surface area contributed by atoms with Gasteiger partial charge < -0.3 is 5.32 Å². The van der Waals surface area contributed by atoms with E-state index in [0.29, 0.717) is 28.3 Å². The lowest BCUT2D eigenvalue weighted by Gasteiger charge is -2.20. The zero-order chi connectivity index (χ0) is 28.4. The number of azo groups is 1. The molecule has 1 atom stereocenters. The van der Waals surface area contributed by atoms with Crippen molar-refractivity contribution in [1.29, 1.82) is 0 Å². The van der Waals surface area contributed by atoms with Gasteiger partial charge in [0.25, 0.3) is 16.8 Å². The molecular formula is C28H26N8O4. The first-order valence-electron chi connectivity index (χ1n) is 12.4. The topological polar surface area (TPSA) is 145 Å². The highest BCUT2D eigenvalue weighted by molar-refractivity contribution is 5.57. The second kappa shape index (κ2) is 10.7. The van der Waals surface area contributed by atoms with Crippen molar-refractivity contribution < 1.29 is 4.92 Å². The van der Waals surface area contributed by atoms with Crippen LogP contribution in [-0.4, -0.2) is 24.1 Å². The monoisotopic (exact) mass is 538 g/mol. The Morgan fingerprint density at radius 3 is 2.17 bits per heavy atom. The van der Waals surface area contributed by atoms with Crippen LogP contribution in [0, 0.1) is 24.0 Å². The largest absolute Gasteiger partial charge is 0.354 e. The quantitative estimate of drug-likeness (QED) is 0.157. The van der Waals surface area contributed by atoms with Gasteiger partial charge in [-0.15, -0.1) is 10.2 Å². The van der Waals surface area contributed by atoms with E-state index in [2.05, 4.69) is 20.6 Å². The first-order valence-corrected chi connectivity index (χ1v) is 12.4. The number of aromatic nitrogens is 4. The van der Waals surface area contributed by atoms with Gasteiger partial charge in [-0.3, -0.25) is 29.5 Å². The lowest BCUT2D eigenvalue weighted by atomic mass is 10.1. The molecule has 5 aromatic rings. The highest BCUT2D eigenvalue weighted by Crippen LogP contribution is 2.29. The van der Waals surface area contributed by atoms with Crippen LogP contribution < -0.4 is 16.4 Å².